The first-order valence-corrected chi connectivity index (χ1v) is 5.37. The Hall–Kier alpha value is -1.98. The molecule has 0 spiro atoms. The monoisotopic (exact) mass is 237 g/mol. The molecule has 2 rings (SSSR count). The minimum absolute atomic E-state index is 0.163. The van der Waals surface area contributed by atoms with Crippen LogP contribution in [0.2, 0.25) is 0 Å². The molecule has 2 amide bonds. The lowest BCUT2D eigenvalue weighted by Gasteiger charge is -2.22. The van der Waals surface area contributed by atoms with Gasteiger partial charge in [-0.25, -0.2) is 4.98 Å². The molecule has 1 atom stereocenters. The Morgan fingerprint density at radius 3 is 3.12 bits per heavy atom. The number of carbonyl (C=O) groups is 2. The van der Waals surface area contributed by atoms with Gasteiger partial charge in [0.05, 0.1) is 0 Å². The van der Waals surface area contributed by atoms with E-state index in [9.17, 15) is 14.0 Å². The highest BCUT2D eigenvalue weighted by Crippen LogP contribution is 2.06. The van der Waals surface area contributed by atoms with Crippen molar-refractivity contribution in [3.63, 3.8) is 0 Å². The van der Waals surface area contributed by atoms with Crippen LogP contribution in [0.5, 0.6) is 0 Å². The zero-order valence-corrected chi connectivity index (χ0v) is 9.07. The van der Waals surface area contributed by atoms with Crippen LogP contribution < -0.4 is 10.6 Å². The summed E-state index contributed by atoms with van der Waals surface area (Å²) < 4.78 is 12.8. The van der Waals surface area contributed by atoms with Crippen molar-refractivity contribution >= 4 is 11.8 Å². The van der Waals surface area contributed by atoms with Crippen molar-refractivity contribution in [2.75, 3.05) is 6.54 Å². The first kappa shape index (κ1) is 11.5. The van der Waals surface area contributed by atoms with Gasteiger partial charge < -0.3 is 10.6 Å². The smallest absolute Gasteiger partial charge is 0.252 e. The first-order chi connectivity index (χ1) is 8.16. The van der Waals surface area contributed by atoms with E-state index >= 15 is 0 Å². The second-order valence-corrected chi connectivity index (χ2v) is 3.83. The van der Waals surface area contributed by atoms with E-state index in [0.717, 1.165) is 12.5 Å². The van der Waals surface area contributed by atoms with Gasteiger partial charge in [-0.1, -0.05) is 0 Å². The van der Waals surface area contributed by atoms with E-state index in [4.69, 9.17) is 0 Å². The number of nitrogens with one attached hydrogen (secondary N) is 2. The highest BCUT2D eigenvalue weighted by Gasteiger charge is 2.24. The molecule has 17 heavy (non-hydrogen) atoms. The Labute approximate surface area is 97.4 Å². The molecule has 2 heterocycles. The largest absolute Gasteiger partial charge is 0.354 e. The molecule has 0 bridgehead atoms. The Morgan fingerprint density at radius 2 is 2.41 bits per heavy atom. The van der Waals surface area contributed by atoms with E-state index in [-0.39, 0.29) is 11.5 Å². The minimum atomic E-state index is -0.717. The molecule has 1 aromatic heterocycles. The number of halogens is 1. The lowest BCUT2D eigenvalue weighted by Crippen LogP contribution is -2.50. The van der Waals surface area contributed by atoms with Crippen LogP contribution in [0.15, 0.2) is 18.3 Å². The minimum Gasteiger partial charge on any atom is -0.354 e. The van der Waals surface area contributed by atoms with Gasteiger partial charge in [0.1, 0.15) is 6.04 Å². The number of pyridine rings is 1. The Morgan fingerprint density at radius 1 is 1.59 bits per heavy atom. The van der Waals surface area contributed by atoms with Gasteiger partial charge >= 0.3 is 0 Å². The SMILES string of the molecule is O=C(NC1CCCNC1=O)c1ccnc(F)c1. The number of piperidine rings is 1. The van der Waals surface area contributed by atoms with Gasteiger partial charge in [-0.3, -0.25) is 9.59 Å². The fraction of sp³-hybridized carbons (Fsp3) is 0.364. The molecule has 1 aromatic rings. The number of aromatic nitrogens is 1. The molecular weight excluding hydrogens is 225 g/mol. The molecule has 1 aliphatic heterocycles. The lowest BCUT2D eigenvalue weighted by atomic mass is 10.1. The van der Waals surface area contributed by atoms with Gasteiger partial charge in [0, 0.05) is 24.4 Å². The molecule has 2 N–H and O–H groups in total. The van der Waals surface area contributed by atoms with E-state index < -0.39 is 17.9 Å². The molecule has 1 aliphatic rings. The van der Waals surface area contributed by atoms with Crippen molar-refractivity contribution in [1.82, 2.24) is 15.6 Å². The third-order valence-corrected chi connectivity index (χ3v) is 2.58. The van der Waals surface area contributed by atoms with Gasteiger partial charge in [0.15, 0.2) is 0 Å². The quantitative estimate of drug-likeness (QED) is 0.723. The summed E-state index contributed by atoms with van der Waals surface area (Å²) in [5, 5.41) is 5.23. The average Bonchev–Trinajstić information content (AvgIpc) is 2.32. The molecule has 1 fully saturated rings. The van der Waals surface area contributed by atoms with Gasteiger partial charge in [-0.15, -0.1) is 0 Å². The van der Waals surface area contributed by atoms with E-state index in [0.29, 0.717) is 13.0 Å². The van der Waals surface area contributed by atoms with Gasteiger partial charge in [-0.05, 0) is 18.9 Å². The molecular formula is C11H12FN3O2. The molecule has 0 aromatic carbocycles. The van der Waals surface area contributed by atoms with E-state index in [1.54, 1.807) is 0 Å². The van der Waals surface area contributed by atoms with Gasteiger partial charge in [0.25, 0.3) is 5.91 Å². The standard InChI is InChI=1S/C11H12FN3O2/c12-9-6-7(3-5-13-9)10(16)15-8-2-1-4-14-11(8)17/h3,5-6,8H,1-2,4H2,(H,14,17)(H,15,16). The molecule has 0 aliphatic carbocycles. The normalized spacial score (nSPS) is 19.6. The Balaban J connectivity index is 2.03. The van der Waals surface area contributed by atoms with Crippen molar-refractivity contribution in [1.29, 1.82) is 0 Å². The third kappa shape index (κ3) is 2.77. The van der Waals surface area contributed by atoms with Crippen LogP contribution in [-0.2, 0) is 4.79 Å². The van der Waals surface area contributed by atoms with Crippen LogP contribution in [0.1, 0.15) is 23.2 Å². The molecule has 0 saturated carbocycles. The highest BCUT2D eigenvalue weighted by molar-refractivity contribution is 5.97. The highest BCUT2D eigenvalue weighted by atomic mass is 19.1. The maximum absolute atomic E-state index is 12.8. The summed E-state index contributed by atoms with van der Waals surface area (Å²) in [4.78, 5) is 26.5. The molecule has 90 valence electrons. The summed E-state index contributed by atoms with van der Waals surface area (Å²) in [7, 11) is 0. The van der Waals surface area contributed by atoms with Crippen LogP contribution in [0.25, 0.3) is 0 Å². The topological polar surface area (TPSA) is 71.1 Å². The van der Waals surface area contributed by atoms with Crippen molar-refractivity contribution in [2.24, 2.45) is 0 Å². The Kier molecular flexibility index (Phi) is 3.32. The molecule has 6 heteroatoms. The summed E-state index contributed by atoms with van der Waals surface area (Å²) in [5.74, 6) is -1.38. The van der Waals surface area contributed by atoms with Crippen LogP contribution >= 0.6 is 0 Å². The van der Waals surface area contributed by atoms with E-state index in [1.165, 1.54) is 12.3 Å². The number of hydrogen-bond acceptors (Lipinski definition) is 3. The summed E-state index contributed by atoms with van der Waals surface area (Å²) >= 11 is 0. The first-order valence-electron chi connectivity index (χ1n) is 5.37. The lowest BCUT2D eigenvalue weighted by molar-refractivity contribution is -0.124. The number of amides is 2. The molecule has 1 unspecified atom stereocenters. The van der Waals surface area contributed by atoms with Crippen molar-refractivity contribution in [3.05, 3.63) is 29.8 Å². The average molecular weight is 237 g/mol. The Bertz CT molecular complexity index is 450. The van der Waals surface area contributed by atoms with Crippen molar-refractivity contribution in [3.8, 4) is 0 Å². The maximum Gasteiger partial charge on any atom is 0.252 e. The maximum atomic E-state index is 12.8. The molecule has 1 saturated heterocycles. The second kappa shape index (κ2) is 4.90. The summed E-state index contributed by atoms with van der Waals surface area (Å²) in [6.07, 6.45) is 2.64. The van der Waals surface area contributed by atoms with Crippen LogP contribution in [0, 0.1) is 5.95 Å². The number of nitrogens with zero attached hydrogens (tertiary/aromatic N) is 1. The van der Waals surface area contributed by atoms with E-state index in [2.05, 4.69) is 15.6 Å². The zero-order valence-electron chi connectivity index (χ0n) is 9.07. The van der Waals surface area contributed by atoms with E-state index in [1.807, 2.05) is 0 Å². The van der Waals surface area contributed by atoms with Crippen LogP contribution in [-0.4, -0.2) is 29.4 Å². The zero-order chi connectivity index (χ0) is 12.3. The van der Waals surface area contributed by atoms with Crippen molar-refractivity contribution in [2.45, 2.75) is 18.9 Å². The summed E-state index contributed by atoms with van der Waals surface area (Å²) in [5.41, 5.74) is 0.163. The predicted octanol–water partition coefficient (Wildman–Crippen LogP) is 0.229. The fourth-order valence-electron chi connectivity index (χ4n) is 1.70. The van der Waals surface area contributed by atoms with Crippen LogP contribution in [0.4, 0.5) is 4.39 Å². The van der Waals surface area contributed by atoms with Gasteiger partial charge in [0.2, 0.25) is 11.9 Å². The number of hydrogen-bond donors (Lipinski definition) is 2. The second-order valence-electron chi connectivity index (χ2n) is 3.83. The summed E-state index contributed by atoms with van der Waals surface area (Å²) in [6.45, 7) is 0.634. The van der Waals surface area contributed by atoms with Crippen molar-refractivity contribution < 1.29 is 14.0 Å². The molecule has 0 radical (unpaired) electrons. The third-order valence-electron chi connectivity index (χ3n) is 2.58. The molecule has 5 nitrogen and oxygen atoms in total. The summed E-state index contributed by atoms with van der Waals surface area (Å²) in [6, 6.07) is 1.90. The van der Waals surface area contributed by atoms with Gasteiger partial charge in [-0.2, -0.15) is 4.39 Å². The predicted molar refractivity (Wildman–Crippen MR) is 57.7 cm³/mol. The van der Waals surface area contributed by atoms with Crippen LogP contribution in [0.3, 0.4) is 0 Å². The fourth-order valence-corrected chi connectivity index (χ4v) is 1.70. The number of carbonyl (C=O) groups excluding carboxylic acids is 2. The number of rotatable bonds is 2.